The van der Waals surface area contributed by atoms with E-state index in [1.165, 1.54) is 27.2 Å². The van der Waals surface area contributed by atoms with Crippen LogP contribution in [0.3, 0.4) is 0 Å². The summed E-state index contributed by atoms with van der Waals surface area (Å²) in [5, 5.41) is 2.84. The van der Waals surface area contributed by atoms with E-state index >= 15 is 0 Å². The molecule has 0 aromatic heterocycles. The van der Waals surface area contributed by atoms with Gasteiger partial charge < -0.3 is 5.32 Å². The standard InChI is InChI=1S/C11H19N3O4S2/c1-12-20(17,18)11-7-5-4-6-10(11)13-8-9-19(15,16)14(2)3/h4-7,12-13H,8-9H2,1-3H3. The quantitative estimate of drug-likeness (QED) is 0.731. The van der Waals surface area contributed by atoms with E-state index in [0.717, 1.165) is 4.31 Å². The molecule has 0 heterocycles. The maximum atomic E-state index is 11.8. The van der Waals surface area contributed by atoms with E-state index in [0.29, 0.717) is 5.69 Å². The van der Waals surface area contributed by atoms with Crippen molar-refractivity contribution in [2.45, 2.75) is 4.90 Å². The highest BCUT2D eigenvalue weighted by Crippen LogP contribution is 2.20. The third-order valence-corrected chi connectivity index (χ3v) is 5.98. The first-order valence-corrected chi connectivity index (χ1v) is 8.96. The lowest BCUT2D eigenvalue weighted by Crippen LogP contribution is -2.29. The van der Waals surface area contributed by atoms with Crippen LogP contribution in [0.5, 0.6) is 0 Å². The summed E-state index contributed by atoms with van der Waals surface area (Å²) >= 11 is 0. The minimum absolute atomic E-state index is 0.0877. The molecule has 0 bridgehead atoms. The molecule has 9 heteroatoms. The van der Waals surface area contributed by atoms with Crippen LogP contribution in [0.25, 0.3) is 0 Å². The van der Waals surface area contributed by atoms with Crippen molar-refractivity contribution in [3.63, 3.8) is 0 Å². The van der Waals surface area contributed by atoms with Crippen LogP contribution in [-0.4, -0.2) is 54.6 Å². The fourth-order valence-electron chi connectivity index (χ4n) is 1.45. The maximum Gasteiger partial charge on any atom is 0.242 e. The zero-order valence-corrected chi connectivity index (χ0v) is 13.3. The highest BCUT2D eigenvalue weighted by molar-refractivity contribution is 7.89. The second-order valence-corrected chi connectivity index (χ2v) is 8.39. The average Bonchev–Trinajstić information content (AvgIpc) is 2.38. The van der Waals surface area contributed by atoms with E-state index in [-0.39, 0.29) is 17.2 Å². The Labute approximate surface area is 120 Å². The van der Waals surface area contributed by atoms with Gasteiger partial charge in [-0.15, -0.1) is 0 Å². The predicted octanol–water partition coefficient (Wildman–Crippen LogP) is -0.102. The average molecular weight is 321 g/mol. The summed E-state index contributed by atoms with van der Waals surface area (Å²) in [6, 6.07) is 6.32. The second-order valence-electron chi connectivity index (χ2n) is 4.23. The summed E-state index contributed by atoms with van der Waals surface area (Å²) in [5.74, 6) is -0.117. The molecule has 7 nitrogen and oxygen atoms in total. The zero-order chi connectivity index (χ0) is 15.4. The molecule has 0 radical (unpaired) electrons. The van der Waals surface area contributed by atoms with Crippen molar-refractivity contribution in [1.29, 1.82) is 0 Å². The number of nitrogens with one attached hydrogen (secondary N) is 2. The van der Waals surface area contributed by atoms with E-state index < -0.39 is 20.0 Å². The minimum atomic E-state index is -3.58. The molecular formula is C11H19N3O4S2. The summed E-state index contributed by atoms with van der Waals surface area (Å²) in [4.78, 5) is 0.0877. The Kier molecular flexibility index (Phi) is 5.51. The molecule has 0 saturated heterocycles. The van der Waals surface area contributed by atoms with Crippen molar-refractivity contribution in [1.82, 2.24) is 9.03 Å². The molecule has 1 rings (SSSR count). The van der Waals surface area contributed by atoms with Gasteiger partial charge in [-0.05, 0) is 19.2 Å². The number of nitrogens with zero attached hydrogens (tertiary/aromatic N) is 1. The van der Waals surface area contributed by atoms with Crippen LogP contribution in [-0.2, 0) is 20.0 Å². The van der Waals surface area contributed by atoms with Crippen LogP contribution in [0.4, 0.5) is 5.69 Å². The van der Waals surface area contributed by atoms with Crippen LogP contribution in [0.1, 0.15) is 0 Å². The van der Waals surface area contributed by atoms with Crippen molar-refractivity contribution in [3.8, 4) is 0 Å². The Morgan fingerprint density at radius 3 is 2.25 bits per heavy atom. The molecule has 0 aliphatic rings. The van der Waals surface area contributed by atoms with Crippen LogP contribution in [0.15, 0.2) is 29.2 Å². The molecular weight excluding hydrogens is 302 g/mol. The van der Waals surface area contributed by atoms with Gasteiger partial charge in [-0.3, -0.25) is 0 Å². The monoisotopic (exact) mass is 321 g/mol. The minimum Gasteiger partial charge on any atom is -0.383 e. The Hall–Kier alpha value is -1.16. The summed E-state index contributed by atoms with van der Waals surface area (Å²) < 4.78 is 50.2. The number of hydrogen-bond acceptors (Lipinski definition) is 5. The molecule has 1 aromatic rings. The number of sulfonamides is 2. The fraction of sp³-hybridized carbons (Fsp3) is 0.455. The molecule has 0 aliphatic heterocycles. The van der Waals surface area contributed by atoms with Gasteiger partial charge in [0.25, 0.3) is 0 Å². The highest BCUT2D eigenvalue weighted by Gasteiger charge is 2.17. The predicted molar refractivity (Wildman–Crippen MR) is 78.7 cm³/mol. The van der Waals surface area contributed by atoms with E-state index in [1.807, 2.05) is 0 Å². The summed E-state index contributed by atoms with van der Waals surface area (Å²) in [6.07, 6.45) is 0. The van der Waals surface area contributed by atoms with E-state index in [4.69, 9.17) is 0 Å². The lowest BCUT2D eigenvalue weighted by Gasteiger charge is -2.14. The first kappa shape index (κ1) is 16.9. The van der Waals surface area contributed by atoms with Crippen molar-refractivity contribution in [2.24, 2.45) is 0 Å². The zero-order valence-electron chi connectivity index (χ0n) is 11.6. The van der Waals surface area contributed by atoms with Gasteiger partial charge in [0.15, 0.2) is 0 Å². The number of anilines is 1. The van der Waals surface area contributed by atoms with Gasteiger partial charge in [0.05, 0.1) is 11.4 Å². The Morgan fingerprint density at radius 2 is 1.70 bits per heavy atom. The van der Waals surface area contributed by atoms with Crippen molar-refractivity contribution in [2.75, 3.05) is 38.8 Å². The molecule has 1 aromatic carbocycles. The van der Waals surface area contributed by atoms with Gasteiger partial charge in [0.2, 0.25) is 20.0 Å². The van der Waals surface area contributed by atoms with E-state index in [2.05, 4.69) is 10.0 Å². The van der Waals surface area contributed by atoms with Crippen LogP contribution in [0, 0.1) is 0 Å². The van der Waals surface area contributed by atoms with Crippen LogP contribution < -0.4 is 10.0 Å². The Balaban J connectivity index is 2.86. The normalized spacial score (nSPS) is 12.6. The third kappa shape index (κ3) is 4.17. The van der Waals surface area contributed by atoms with Gasteiger partial charge in [0.1, 0.15) is 4.90 Å². The number of rotatable bonds is 7. The van der Waals surface area contributed by atoms with Crippen molar-refractivity contribution in [3.05, 3.63) is 24.3 Å². The first-order chi connectivity index (χ1) is 9.20. The summed E-state index contributed by atoms with van der Waals surface area (Å²) in [5.41, 5.74) is 0.371. The molecule has 0 amide bonds. The topological polar surface area (TPSA) is 95.6 Å². The SMILES string of the molecule is CNS(=O)(=O)c1ccccc1NCCS(=O)(=O)N(C)C. The van der Waals surface area contributed by atoms with Gasteiger partial charge in [-0.1, -0.05) is 12.1 Å². The lowest BCUT2D eigenvalue weighted by atomic mass is 10.3. The molecule has 0 spiro atoms. The van der Waals surface area contributed by atoms with Gasteiger partial charge in [0, 0.05) is 20.6 Å². The molecule has 0 unspecified atom stereocenters. The largest absolute Gasteiger partial charge is 0.383 e. The molecule has 20 heavy (non-hydrogen) atoms. The van der Waals surface area contributed by atoms with Crippen molar-refractivity contribution < 1.29 is 16.8 Å². The maximum absolute atomic E-state index is 11.8. The number of benzene rings is 1. The van der Waals surface area contributed by atoms with Gasteiger partial charge in [-0.2, -0.15) is 0 Å². The lowest BCUT2D eigenvalue weighted by molar-refractivity contribution is 0.521. The molecule has 0 aliphatic carbocycles. The van der Waals surface area contributed by atoms with E-state index in [9.17, 15) is 16.8 Å². The smallest absolute Gasteiger partial charge is 0.242 e. The fourth-order valence-corrected chi connectivity index (χ4v) is 3.09. The van der Waals surface area contributed by atoms with Gasteiger partial charge in [-0.25, -0.2) is 25.9 Å². The Bertz CT molecular complexity index is 654. The number of para-hydroxylation sites is 1. The second kappa shape index (κ2) is 6.53. The van der Waals surface area contributed by atoms with Crippen LogP contribution >= 0.6 is 0 Å². The third-order valence-electron chi connectivity index (χ3n) is 2.68. The Morgan fingerprint density at radius 1 is 1.10 bits per heavy atom. The molecule has 114 valence electrons. The van der Waals surface area contributed by atoms with Crippen molar-refractivity contribution >= 4 is 25.7 Å². The van der Waals surface area contributed by atoms with E-state index in [1.54, 1.807) is 18.2 Å². The summed E-state index contributed by atoms with van der Waals surface area (Å²) in [6.45, 7) is 0.122. The first-order valence-electron chi connectivity index (χ1n) is 5.87. The molecule has 0 fully saturated rings. The highest BCUT2D eigenvalue weighted by atomic mass is 32.2. The molecule has 0 saturated carbocycles. The van der Waals surface area contributed by atoms with Gasteiger partial charge >= 0.3 is 0 Å². The number of hydrogen-bond donors (Lipinski definition) is 2. The summed E-state index contributed by atoms with van der Waals surface area (Å²) in [7, 11) is -2.67. The molecule has 2 N–H and O–H groups in total. The molecule has 0 atom stereocenters. The van der Waals surface area contributed by atoms with Crippen LogP contribution in [0.2, 0.25) is 0 Å².